The lowest BCUT2D eigenvalue weighted by Gasteiger charge is -2.04. The van der Waals surface area contributed by atoms with Crippen molar-refractivity contribution in [1.29, 1.82) is 0 Å². The van der Waals surface area contributed by atoms with E-state index in [1.807, 2.05) is 18.2 Å². The average molecular weight is 210 g/mol. The molecule has 0 amide bonds. The highest BCUT2D eigenvalue weighted by Gasteiger charge is 1.97. The van der Waals surface area contributed by atoms with E-state index in [1.165, 1.54) is 12.7 Å². The lowest BCUT2D eigenvalue weighted by molar-refractivity contribution is -0.126. The fourth-order valence-electron chi connectivity index (χ4n) is 1.15. The molecule has 1 aromatic carbocycles. The second kappa shape index (κ2) is 7.85. The van der Waals surface area contributed by atoms with Crippen LogP contribution in [0.3, 0.4) is 0 Å². The molecule has 15 heavy (non-hydrogen) atoms. The number of aromatic hydroxyl groups is 1. The highest BCUT2D eigenvalue weighted by Crippen LogP contribution is 2.13. The molecule has 1 rings (SSSR count). The van der Waals surface area contributed by atoms with Gasteiger partial charge in [0.1, 0.15) is 5.75 Å². The first kappa shape index (κ1) is 13.5. The van der Waals surface area contributed by atoms with Crippen LogP contribution in [0, 0.1) is 5.92 Å². The van der Waals surface area contributed by atoms with Gasteiger partial charge in [-0.25, -0.2) is 0 Å². The standard InChI is InChI=1S/C10H14O.C2H4O2/c1-8(2)6-9-4-3-5-10(11)7-9;1-4-2-3/h3-5,7-8,11H,6H2,1-2H3;2H,1H3. The average Bonchev–Trinajstić information content (AvgIpc) is 2.17. The predicted octanol–water partition coefficient (Wildman–Crippen LogP) is 2.38. The van der Waals surface area contributed by atoms with Crippen molar-refractivity contribution >= 4 is 6.47 Å². The van der Waals surface area contributed by atoms with Crippen LogP contribution in [0.5, 0.6) is 5.75 Å². The Morgan fingerprint density at radius 1 is 1.47 bits per heavy atom. The molecule has 0 spiro atoms. The van der Waals surface area contributed by atoms with Crippen molar-refractivity contribution in [2.24, 2.45) is 5.92 Å². The van der Waals surface area contributed by atoms with Crippen molar-refractivity contribution in [1.82, 2.24) is 0 Å². The van der Waals surface area contributed by atoms with Crippen molar-refractivity contribution in [2.75, 3.05) is 7.11 Å². The van der Waals surface area contributed by atoms with E-state index in [-0.39, 0.29) is 0 Å². The van der Waals surface area contributed by atoms with Gasteiger partial charge in [0.15, 0.2) is 0 Å². The Bertz CT molecular complexity index is 282. The zero-order chi connectivity index (χ0) is 11.7. The highest BCUT2D eigenvalue weighted by atomic mass is 16.5. The van der Waals surface area contributed by atoms with Crippen molar-refractivity contribution in [3.8, 4) is 5.75 Å². The molecule has 1 aromatic rings. The maximum absolute atomic E-state index is 9.13. The van der Waals surface area contributed by atoms with Crippen LogP contribution in [-0.4, -0.2) is 18.7 Å². The number of carbonyl (C=O) groups is 1. The first-order valence-electron chi connectivity index (χ1n) is 4.84. The number of phenolic OH excluding ortho intramolecular Hbond substituents is 1. The molecule has 0 fully saturated rings. The van der Waals surface area contributed by atoms with Gasteiger partial charge < -0.3 is 9.84 Å². The summed E-state index contributed by atoms with van der Waals surface area (Å²) in [5.74, 6) is 1.01. The summed E-state index contributed by atoms with van der Waals surface area (Å²) in [6, 6.07) is 7.44. The fraction of sp³-hybridized carbons (Fsp3) is 0.417. The number of hydrogen-bond donors (Lipinski definition) is 1. The number of benzene rings is 1. The summed E-state index contributed by atoms with van der Waals surface area (Å²) in [5.41, 5.74) is 1.21. The van der Waals surface area contributed by atoms with E-state index in [2.05, 4.69) is 18.6 Å². The summed E-state index contributed by atoms with van der Waals surface area (Å²) >= 11 is 0. The summed E-state index contributed by atoms with van der Waals surface area (Å²) in [6.07, 6.45) is 1.04. The minimum absolute atomic E-state index is 0.364. The minimum Gasteiger partial charge on any atom is -0.508 e. The molecule has 0 radical (unpaired) electrons. The van der Waals surface area contributed by atoms with Crippen molar-refractivity contribution in [3.63, 3.8) is 0 Å². The number of rotatable bonds is 3. The lowest BCUT2D eigenvalue weighted by atomic mass is 10.0. The second-order valence-electron chi connectivity index (χ2n) is 3.60. The molecule has 0 bridgehead atoms. The van der Waals surface area contributed by atoms with Crippen LogP contribution in [0.4, 0.5) is 0 Å². The van der Waals surface area contributed by atoms with Crippen LogP contribution >= 0.6 is 0 Å². The predicted molar refractivity (Wildman–Crippen MR) is 59.7 cm³/mol. The monoisotopic (exact) mass is 210 g/mol. The zero-order valence-corrected chi connectivity index (χ0v) is 9.43. The van der Waals surface area contributed by atoms with Gasteiger partial charge in [-0.2, -0.15) is 0 Å². The third-order valence-electron chi connectivity index (χ3n) is 1.65. The van der Waals surface area contributed by atoms with Gasteiger partial charge in [-0.15, -0.1) is 0 Å². The van der Waals surface area contributed by atoms with Gasteiger partial charge in [-0.3, -0.25) is 4.79 Å². The van der Waals surface area contributed by atoms with E-state index in [1.54, 1.807) is 6.07 Å². The molecular weight excluding hydrogens is 192 g/mol. The van der Waals surface area contributed by atoms with E-state index in [9.17, 15) is 0 Å². The van der Waals surface area contributed by atoms with Gasteiger partial charge in [0.25, 0.3) is 6.47 Å². The zero-order valence-electron chi connectivity index (χ0n) is 9.43. The Balaban J connectivity index is 0.000000423. The first-order chi connectivity index (χ1) is 7.10. The van der Waals surface area contributed by atoms with Crippen molar-refractivity contribution in [2.45, 2.75) is 20.3 Å². The fourth-order valence-corrected chi connectivity index (χ4v) is 1.15. The van der Waals surface area contributed by atoms with Crippen LogP contribution in [0.25, 0.3) is 0 Å². The Morgan fingerprint density at radius 2 is 2.07 bits per heavy atom. The van der Waals surface area contributed by atoms with E-state index in [4.69, 9.17) is 9.90 Å². The molecular formula is C12H18O3. The molecule has 3 heteroatoms. The summed E-state index contributed by atoms with van der Waals surface area (Å²) < 4.78 is 3.86. The van der Waals surface area contributed by atoms with Crippen LogP contribution in [-0.2, 0) is 16.0 Å². The second-order valence-corrected chi connectivity index (χ2v) is 3.60. The first-order valence-corrected chi connectivity index (χ1v) is 4.84. The molecule has 0 saturated heterocycles. The molecule has 0 atom stereocenters. The largest absolute Gasteiger partial charge is 0.508 e. The Kier molecular flexibility index (Phi) is 7.06. The van der Waals surface area contributed by atoms with Gasteiger partial charge in [0, 0.05) is 0 Å². The minimum atomic E-state index is 0.364. The van der Waals surface area contributed by atoms with Gasteiger partial charge >= 0.3 is 0 Å². The van der Waals surface area contributed by atoms with Crippen LogP contribution in [0.2, 0.25) is 0 Å². The van der Waals surface area contributed by atoms with Gasteiger partial charge in [-0.1, -0.05) is 26.0 Å². The summed E-state index contributed by atoms with van der Waals surface area (Å²) in [5, 5.41) is 9.13. The van der Waals surface area contributed by atoms with E-state index >= 15 is 0 Å². The summed E-state index contributed by atoms with van der Waals surface area (Å²) in [7, 11) is 1.31. The topological polar surface area (TPSA) is 46.5 Å². The Hall–Kier alpha value is -1.51. The summed E-state index contributed by atoms with van der Waals surface area (Å²) in [4.78, 5) is 8.95. The van der Waals surface area contributed by atoms with Gasteiger partial charge in [-0.05, 0) is 30.0 Å². The van der Waals surface area contributed by atoms with E-state index in [0.29, 0.717) is 18.1 Å². The quantitative estimate of drug-likeness (QED) is 0.779. The van der Waals surface area contributed by atoms with Crippen molar-refractivity contribution in [3.05, 3.63) is 29.8 Å². The van der Waals surface area contributed by atoms with E-state index < -0.39 is 0 Å². The SMILES string of the molecule is CC(C)Cc1cccc(O)c1.COC=O. The molecule has 0 unspecified atom stereocenters. The molecule has 0 saturated carbocycles. The molecule has 84 valence electrons. The number of carbonyl (C=O) groups excluding carboxylic acids is 1. The van der Waals surface area contributed by atoms with Gasteiger partial charge in [0.2, 0.25) is 0 Å². The summed E-state index contributed by atoms with van der Waals surface area (Å²) in [6.45, 7) is 4.72. The van der Waals surface area contributed by atoms with Crippen molar-refractivity contribution < 1.29 is 14.6 Å². The number of hydrogen-bond acceptors (Lipinski definition) is 3. The Morgan fingerprint density at radius 3 is 2.47 bits per heavy atom. The number of phenols is 1. The van der Waals surface area contributed by atoms with Crippen LogP contribution in [0.1, 0.15) is 19.4 Å². The molecule has 0 aliphatic rings. The smallest absolute Gasteiger partial charge is 0.292 e. The van der Waals surface area contributed by atoms with Crippen LogP contribution < -0.4 is 0 Å². The van der Waals surface area contributed by atoms with Crippen LogP contribution in [0.15, 0.2) is 24.3 Å². The molecule has 1 N–H and O–H groups in total. The molecule has 0 aliphatic carbocycles. The highest BCUT2D eigenvalue weighted by molar-refractivity contribution is 5.36. The molecule has 0 aromatic heterocycles. The number of methoxy groups -OCH3 is 1. The normalized spacial score (nSPS) is 9.07. The third-order valence-corrected chi connectivity index (χ3v) is 1.65. The van der Waals surface area contributed by atoms with E-state index in [0.717, 1.165) is 6.42 Å². The third kappa shape index (κ3) is 7.55. The molecule has 0 aliphatic heterocycles. The maximum Gasteiger partial charge on any atom is 0.292 e. The van der Waals surface area contributed by atoms with Gasteiger partial charge in [0.05, 0.1) is 7.11 Å². The molecule has 0 heterocycles. The maximum atomic E-state index is 9.13. The lowest BCUT2D eigenvalue weighted by Crippen LogP contribution is -1.92. The number of ether oxygens (including phenoxy) is 1. The Labute approximate surface area is 90.7 Å². The molecule has 3 nitrogen and oxygen atoms in total.